The zero-order valence-electron chi connectivity index (χ0n) is 10.5. The summed E-state index contributed by atoms with van der Waals surface area (Å²) in [6, 6.07) is 1.85. The predicted octanol–water partition coefficient (Wildman–Crippen LogP) is 2.39. The van der Waals surface area contributed by atoms with Crippen molar-refractivity contribution in [3.05, 3.63) is 22.8 Å². The SMILES string of the molecule is CCNC(c1cc(Cl)cnc1N)C(C)OCC. The summed E-state index contributed by atoms with van der Waals surface area (Å²) in [5, 5.41) is 3.93. The highest BCUT2D eigenvalue weighted by Crippen LogP contribution is 2.25. The number of likely N-dealkylation sites (N-methyl/N-ethyl adjacent to an activating group) is 1. The molecule has 1 aromatic rings. The van der Waals surface area contributed by atoms with Gasteiger partial charge in [0.25, 0.3) is 0 Å². The van der Waals surface area contributed by atoms with E-state index in [0.717, 1.165) is 12.1 Å². The van der Waals surface area contributed by atoms with Gasteiger partial charge in [0.05, 0.1) is 17.2 Å². The molecule has 0 spiro atoms. The van der Waals surface area contributed by atoms with Gasteiger partial charge in [-0.25, -0.2) is 4.98 Å². The summed E-state index contributed by atoms with van der Waals surface area (Å²) in [6.07, 6.45) is 1.57. The number of hydrogen-bond acceptors (Lipinski definition) is 4. The number of pyridine rings is 1. The van der Waals surface area contributed by atoms with E-state index >= 15 is 0 Å². The van der Waals surface area contributed by atoms with Gasteiger partial charge < -0.3 is 15.8 Å². The molecule has 0 aromatic carbocycles. The molecule has 96 valence electrons. The molecule has 1 aromatic heterocycles. The summed E-state index contributed by atoms with van der Waals surface area (Å²) in [4.78, 5) is 4.07. The number of nitrogens with zero attached hydrogens (tertiary/aromatic N) is 1. The van der Waals surface area contributed by atoms with Crippen LogP contribution in [0.1, 0.15) is 32.4 Å². The maximum Gasteiger partial charge on any atom is 0.128 e. The molecule has 17 heavy (non-hydrogen) atoms. The number of aromatic nitrogens is 1. The largest absolute Gasteiger partial charge is 0.383 e. The van der Waals surface area contributed by atoms with Gasteiger partial charge in [0.15, 0.2) is 0 Å². The predicted molar refractivity (Wildman–Crippen MR) is 71.2 cm³/mol. The number of halogens is 1. The van der Waals surface area contributed by atoms with Gasteiger partial charge in [-0.15, -0.1) is 0 Å². The maximum absolute atomic E-state index is 5.96. The molecule has 2 atom stereocenters. The van der Waals surface area contributed by atoms with Crippen LogP contribution in [-0.2, 0) is 4.74 Å². The Kier molecular flexibility index (Phi) is 5.68. The van der Waals surface area contributed by atoms with Crippen LogP contribution >= 0.6 is 11.6 Å². The van der Waals surface area contributed by atoms with E-state index in [1.807, 2.05) is 26.8 Å². The minimum absolute atomic E-state index is 0.00569. The zero-order chi connectivity index (χ0) is 12.8. The molecule has 0 fully saturated rings. The molecule has 2 unspecified atom stereocenters. The van der Waals surface area contributed by atoms with Gasteiger partial charge in [-0.3, -0.25) is 0 Å². The molecule has 1 rings (SSSR count). The molecule has 0 saturated heterocycles. The number of rotatable bonds is 6. The van der Waals surface area contributed by atoms with Crippen molar-refractivity contribution >= 4 is 17.4 Å². The van der Waals surface area contributed by atoms with E-state index in [9.17, 15) is 0 Å². The highest BCUT2D eigenvalue weighted by atomic mass is 35.5. The molecular weight excluding hydrogens is 238 g/mol. The molecule has 0 amide bonds. The van der Waals surface area contributed by atoms with Gasteiger partial charge in [0.1, 0.15) is 5.82 Å². The first kappa shape index (κ1) is 14.2. The molecule has 3 N–H and O–H groups in total. The molecule has 5 heteroatoms. The van der Waals surface area contributed by atoms with Crippen LogP contribution in [0.2, 0.25) is 5.02 Å². The Balaban J connectivity index is 2.99. The number of hydrogen-bond donors (Lipinski definition) is 2. The molecule has 0 aliphatic rings. The van der Waals surface area contributed by atoms with Gasteiger partial charge in [-0.05, 0) is 26.5 Å². The third-order valence-electron chi connectivity index (χ3n) is 2.57. The Bertz CT molecular complexity index is 360. The van der Waals surface area contributed by atoms with Gasteiger partial charge in [-0.2, -0.15) is 0 Å². The molecule has 4 nitrogen and oxygen atoms in total. The normalized spacial score (nSPS) is 14.6. The van der Waals surface area contributed by atoms with Crippen LogP contribution in [0.5, 0.6) is 0 Å². The summed E-state index contributed by atoms with van der Waals surface area (Å²) in [5.41, 5.74) is 6.78. The lowest BCUT2D eigenvalue weighted by atomic mass is 10.0. The number of nitrogens with one attached hydrogen (secondary N) is 1. The van der Waals surface area contributed by atoms with Gasteiger partial charge in [0.2, 0.25) is 0 Å². The fraction of sp³-hybridized carbons (Fsp3) is 0.583. The second kappa shape index (κ2) is 6.79. The second-order valence-corrected chi connectivity index (χ2v) is 4.26. The van der Waals surface area contributed by atoms with Crippen LogP contribution in [0, 0.1) is 0 Å². The molecular formula is C12H20ClN3O. The first-order valence-electron chi connectivity index (χ1n) is 5.86. The standard InChI is InChI=1S/C12H20ClN3O/c1-4-15-11(8(3)17-5-2)10-6-9(13)7-16-12(10)14/h6-8,11,15H,4-5H2,1-3H3,(H2,14,16). The summed E-state index contributed by atoms with van der Waals surface area (Å²) < 4.78 is 5.62. The average Bonchev–Trinajstić information content (AvgIpc) is 2.30. The Hall–Kier alpha value is -0.840. The fourth-order valence-corrected chi connectivity index (χ4v) is 1.99. The van der Waals surface area contributed by atoms with Crippen LogP contribution in [0.15, 0.2) is 12.3 Å². The lowest BCUT2D eigenvalue weighted by Gasteiger charge is -2.25. The van der Waals surface area contributed by atoms with E-state index < -0.39 is 0 Å². The van der Waals surface area contributed by atoms with Crippen molar-refractivity contribution in [3.63, 3.8) is 0 Å². The van der Waals surface area contributed by atoms with E-state index in [4.69, 9.17) is 22.1 Å². The Morgan fingerprint density at radius 1 is 1.53 bits per heavy atom. The summed E-state index contributed by atoms with van der Waals surface area (Å²) >= 11 is 5.96. The average molecular weight is 258 g/mol. The second-order valence-electron chi connectivity index (χ2n) is 3.82. The smallest absolute Gasteiger partial charge is 0.128 e. The summed E-state index contributed by atoms with van der Waals surface area (Å²) in [5.74, 6) is 0.493. The molecule has 0 aliphatic heterocycles. The van der Waals surface area contributed by atoms with E-state index in [2.05, 4.69) is 10.3 Å². The number of anilines is 1. The highest BCUT2D eigenvalue weighted by Gasteiger charge is 2.21. The van der Waals surface area contributed by atoms with Crippen molar-refractivity contribution in [2.45, 2.75) is 32.9 Å². The Labute approximate surface area is 108 Å². The number of nitrogens with two attached hydrogens (primary N) is 1. The zero-order valence-corrected chi connectivity index (χ0v) is 11.3. The summed E-state index contributed by atoms with van der Waals surface area (Å²) in [6.45, 7) is 7.51. The molecule has 0 bridgehead atoms. The van der Waals surface area contributed by atoms with Crippen LogP contribution in [0.4, 0.5) is 5.82 Å². The number of nitrogen functional groups attached to an aromatic ring is 1. The van der Waals surface area contributed by atoms with Crippen LogP contribution in [0.3, 0.4) is 0 Å². The minimum atomic E-state index is 0.00569. The van der Waals surface area contributed by atoms with E-state index in [0.29, 0.717) is 17.4 Å². The maximum atomic E-state index is 5.96. The molecule has 0 radical (unpaired) electrons. The summed E-state index contributed by atoms with van der Waals surface area (Å²) in [7, 11) is 0. The molecule has 1 heterocycles. The van der Waals surface area contributed by atoms with Gasteiger partial charge in [-0.1, -0.05) is 18.5 Å². The quantitative estimate of drug-likeness (QED) is 0.822. The number of ether oxygens (including phenoxy) is 1. The van der Waals surface area contributed by atoms with Gasteiger partial charge in [0, 0.05) is 18.4 Å². The van der Waals surface area contributed by atoms with Crippen LogP contribution in [0.25, 0.3) is 0 Å². The van der Waals surface area contributed by atoms with Crippen LogP contribution in [-0.4, -0.2) is 24.2 Å². The van der Waals surface area contributed by atoms with Crippen molar-refractivity contribution < 1.29 is 4.74 Å². The minimum Gasteiger partial charge on any atom is -0.383 e. The first-order valence-corrected chi connectivity index (χ1v) is 6.23. The molecule has 0 aliphatic carbocycles. The fourth-order valence-electron chi connectivity index (χ4n) is 1.82. The van der Waals surface area contributed by atoms with Crippen molar-refractivity contribution in [2.24, 2.45) is 0 Å². The van der Waals surface area contributed by atoms with Crippen molar-refractivity contribution in [1.29, 1.82) is 0 Å². The van der Waals surface area contributed by atoms with E-state index in [1.165, 1.54) is 0 Å². The lowest BCUT2D eigenvalue weighted by molar-refractivity contribution is 0.0478. The van der Waals surface area contributed by atoms with Crippen molar-refractivity contribution in [1.82, 2.24) is 10.3 Å². The monoisotopic (exact) mass is 257 g/mol. The molecule has 0 saturated carbocycles. The van der Waals surface area contributed by atoms with E-state index in [-0.39, 0.29) is 12.1 Å². The van der Waals surface area contributed by atoms with E-state index in [1.54, 1.807) is 6.20 Å². The lowest BCUT2D eigenvalue weighted by Crippen LogP contribution is -2.32. The van der Waals surface area contributed by atoms with Gasteiger partial charge >= 0.3 is 0 Å². The third kappa shape index (κ3) is 3.84. The highest BCUT2D eigenvalue weighted by molar-refractivity contribution is 6.30. The Morgan fingerprint density at radius 3 is 2.82 bits per heavy atom. The Morgan fingerprint density at radius 2 is 2.24 bits per heavy atom. The van der Waals surface area contributed by atoms with Crippen LogP contribution < -0.4 is 11.1 Å². The topological polar surface area (TPSA) is 60.2 Å². The van der Waals surface area contributed by atoms with Crippen molar-refractivity contribution in [3.8, 4) is 0 Å². The third-order valence-corrected chi connectivity index (χ3v) is 2.78. The first-order chi connectivity index (χ1) is 8.10. The van der Waals surface area contributed by atoms with Crippen molar-refractivity contribution in [2.75, 3.05) is 18.9 Å².